The molecule has 1 saturated heterocycles. The predicted octanol–water partition coefficient (Wildman–Crippen LogP) is 4.72. The highest BCUT2D eigenvalue weighted by Gasteiger charge is 2.59. The van der Waals surface area contributed by atoms with Crippen LogP contribution in [0.15, 0.2) is 72.8 Å². The highest BCUT2D eigenvalue weighted by Crippen LogP contribution is 2.55. The van der Waals surface area contributed by atoms with Crippen molar-refractivity contribution in [3.63, 3.8) is 0 Å². The number of nitrogens with zero attached hydrogens (tertiary/aromatic N) is 2. The van der Waals surface area contributed by atoms with E-state index in [1.807, 2.05) is 49.4 Å². The first-order valence-electron chi connectivity index (χ1n) is 10.2. The van der Waals surface area contributed by atoms with Gasteiger partial charge in [-0.15, -0.1) is 11.8 Å². The molecule has 2 heterocycles. The third-order valence-electron chi connectivity index (χ3n) is 5.84. The summed E-state index contributed by atoms with van der Waals surface area (Å²) in [6, 6.07) is 21.3. The van der Waals surface area contributed by atoms with Gasteiger partial charge in [0.1, 0.15) is 5.82 Å². The molecule has 0 aliphatic carbocycles. The summed E-state index contributed by atoms with van der Waals surface area (Å²) >= 11 is 1.50. The van der Waals surface area contributed by atoms with Gasteiger partial charge in [0, 0.05) is 23.4 Å². The number of thioether (sulfide) groups is 1. The lowest BCUT2D eigenvalue weighted by atomic mass is 10.0. The molecule has 0 bridgehead atoms. The summed E-state index contributed by atoms with van der Waals surface area (Å²) in [7, 11) is 0. The van der Waals surface area contributed by atoms with Gasteiger partial charge in [-0.25, -0.2) is 4.39 Å². The average molecular weight is 433 g/mol. The van der Waals surface area contributed by atoms with E-state index in [2.05, 4.69) is 0 Å². The molecule has 1 fully saturated rings. The minimum atomic E-state index is -1.10. The first-order chi connectivity index (χ1) is 15.0. The molecule has 3 aromatic rings. The third-order valence-corrected chi connectivity index (χ3v) is 7.26. The summed E-state index contributed by atoms with van der Waals surface area (Å²) in [6.07, 6.45) is 0. The van der Waals surface area contributed by atoms with Crippen LogP contribution in [0, 0.1) is 12.7 Å². The summed E-state index contributed by atoms with van der Waals surface area (Å²) < 4.78 is 13.8. The SMILES string of the molecule is Cc1ccc2c(c1)C1(SCCN1C(=O)c1ccccc1)C(=O)N2Cc1cccc(F)c1. The van der Waals surface area contributed by atoms with Crippen LogP contribution in [0.3, 0.4) is 0 Å². The Morgan fingerprint density at radius 3 is 2.65 bits per heavy atom. The molecule has 4 nitrogen and oxygen atoms in total. The Bertz CT molecular complexity index is 1180. The molecular formula is C25H21FN2O2S. The van der Waals surface area contributed by atoms with Gasteiger partial charge < -0.3 is 9.80 Å². The number of anilines is 1. The number of fused-ring (bicyclic) bond motifs is 2. The summed E-state index contributed by atoms with van der Waals surface area (Å²) in [4.78, 5) is 29.7. The maximum absolute atomic E-state index is 14.0. The van der Waals surface area contributed by atoms with Crippen molar-refractivity contribution in [2.45, 2.75) is 18.3 Å². The summed E-state index contributed by atoms with van der Waals surface area (Å²) in [6.45, 7) is 2.73. The third kappa shape index (κ3) is 3.13. The lowest BCUT2D eigenvalue weighted by molar-refractivity contribution is -0.123. The fraction of sp³-hybridized carbons (Fsp3) is 0.200. The minimum absolute atomic E-state index is 0.149. The van der Waals surface area contributed by atoms with Crippen molar-refractivity contribution in [3.05, 3.63) is 101 Å². The van der Waals surface area contributed by atoms with E-state index in [0.29, 0.717) is 23.4 Å². The number of halogens is 1. The number of hydrogen-bond donors (Lipinski definition) is 0. The molecule has 1 atom stereocenters. The Hall–Kier alpha value is -3.12. The van der Waals surface area contributed by atoms with Gasteiger partial charge in [0.05, 0.1) is 12.2 Å². The lowest BCUT2D eigenvalue weighted by Gasteiger charge is -2.33. The number of hydrogen-bond acceptors (Lipinski definition) is 3. The quantitative estimate of drug-likeness (QED) is 0.601. The van der Waals surface area contributed by atoms with Gasteiger partial charge in [0.25, 0.3) is 11.8 Å². The van der Waals surface area contributed by atoms with E-state index >= 15 is 0 Å². The van der Waals surface area contributed by atoms with Gasteiger partial charge in [-0.1, -0.05) is 48.0 Å². The summed E-state index contributed by atoms with van der Waals surface area (Å²) in [5, 5.41) is 0. The fourth-order valence-electron chi connectivity index (χ4n) is 4.44. The number of rotatable bonds is 3. The van der Waals surface area contributed by atoms with Crippen LogP contribution in [0.25, 0.3) is 0 Å². The van der Waals surface area contributed by atoms with Gasteiger partial charge >= 0.3 is 0 Å². The first kappa shape index (κ1) is 19.8. The molecule has 31 heavy (non-hydrogen) atoms. The standard InChI is InChI=1S/C25H21FN2O2S/c1-17-10-11-22-21(14-17)25(24(30)27(22)16-18-6-5-9-20(26)15-18)28(12-13-31-25)23(29)19-7-3-2-4-8-19/h2-11,14-15H,12-13,16H2,1H3. The number of amides is 2. The zero-order chi connectivity index (χ0) is 21.6. The van der Waals surface area contributed by atoms with Gasteiger partial charge in [-0.05, 0) is 42.8 Å². The highest BCUT2D eigenvalue weighted by atomic mass is 32.2. The number of carbonyl (C=O) groups is 2. The molecule has 1 unspecified atom stereocenters. The minimum Gasteiger partial charge on any atom is -0.311 e. The van der Waals surface area contributed by atoms with E-state index in [1.54, 1.807) is 28.0 Å². The van der Waals surface area contributed by atoms with Crippen LogP contribution in [0.1, 0.15) is 27.0 Å². The van der Waals surface area contributed by atoms with Crippen molar-refractivity contribution in [3.8, 4) is 0 Å². The highest BCUT2D eigenvalue weighted by molar-refractivity contribution is 8.01. The molecule has 0 saturated carbocycles. The van der Waals surface area contributed by atoms with E-state index in [4.69, 9.17) is 0 Å². The summed E-state index contributed by atoms with van der Waals surface area (Å²) in [5.74, 6) is 0.0353. The molecule has 2 aliphatic heterocycles. The van der Waals surface area contributed by atoms with Crippen molar-refractivity contribution in [1.29, 1.82) is 0 Å². The van der Waals surface area contributed by atoms with Crippen molar-refractivity contribution in [1.82, 2.24) is 4.90 Å². The monoisotopic (exact) mass is 432 g/mol. The van der Waals surface area contributed by atoms with Crippen LogP contribution in [0.4, 0.5) is 10.1 Å². The molecule has 156 valence electrons. The Kier molecular flexibility index (Phi) is 4.82. The molecule has 3 aromatic carbocycles. The van der Waals surface area contributed by atoms with E-state index < -0.39 is 4.87 Å². The van der Waals surface area contributed by atoms with Crippen LogP contribution >= 0.6 is 11.8 Å². The second-order valence-electron chi connectivity index (χ2n) is 7.86. The van der Waals surface area contributed by atoms with Crippen molar-refractivity contribution >= 4 is 29.3 Å². The molecule has 2 amide bonds. The Morgan fingerprint density at radius 2 is 1.87 bits per heavy atom. The maximum Gasteiger partial charge on any atom is 0.268 e. The fourth-order valence-corrected chi connectivity index (χ4v) is 5.89. The van der Waals surface area contributed by atoms with Gasteiger partial charge in [-0.3, -0.25) is 9.59 Å². The molecule has 5 rings (SSSR count). The predicted molar refractivity (Wildman–Crippen MR) is 120 cm³/mol. The summed E-state index contributed by atoms with van der Waals surface area (Å²) in [5.41, 5.74) is 3.91. The van der Waals surface area contributed by atoms with Crippen LogP contribution in [-0.2, 0) is 16.2 Å². The van der Waals surface area contributed by atoms with Crippen LogP contribution in [0.2, 0.25) is 0 Å². The van der Waals surface area contributed by atoms with Crippen LogP contribution < -0.4 is 4.90 Å². The molecule has 1 spiro atoms. The first-order valence-corrected chi connectivity index (χ1v) is 11.2. The molecule has 0 radical (unpaired) electrons. The zero-order valence-electron chi connectivity index (χ0n) is 17.0. The van der Waals surface area contributed by atoms with Crippen molar-refractivity contribution in [2.75, 3.05) is 17.2 Å². The van der Waals surface area contributed by atoms with E-state index in [0.717, 1.165) is 16.8 Å². The van der Waals surface area contributed by atoms with Crippen molar-refractivity contribution in [2.24, 2.45) is 0 Å². The number of carbonyl (C=O) groups excluding carboxylic acids is 2. The second-order valence-corrected chi connectivity index (χ2v) is 9.14. The van der Waals surface area contributed by atoms with Crippen LogP contribution in [-0.4, -0.2) is 29.0 Å². The maximum atomic E-state index is 14.0. The van der Waals surface area contributed by atoms with E-state index in [-0.39, 0.29) is 24.2 Å². The smallest absolute Gasteiger partial charge is 0.268 e. The van der Waals surface area contributed by atoms with Crippen LogP contribution in [0.5, 0.6) is 0 Å². The Balaban J connectivity index is 1.61. The molecule has 0 aromatic heterocycles. The molecule has 2 aliphatic rings. The van der Waals surface area contributed by atoms with Crippen molar-refractivity contribution < 1.29 is 14.0 Å². The zero-order valence-corrected chi connectivity index (χ0v) is 17.9. The second kappa shape index (κ2) is 7.54. The van der Waals surface area contributed by atoms with Gasteiger partial charge in [0.15, 0.2) is 4.87 Å². The van der Waals surface area contributed by atoms with Gasteiger partial charge in [0.2, 0.25) is 0 Å². The number of benzene rings is 3. The van der Waals surface area contributed by atoms with E-state index in [1.165, 1.54) is 23.9 Å². The lowest BCUT2D eigenvalue weighted by Crippen LogP contribution is -2.50. The van der Waals surface area contributed by atoms with Gasteiger partial charge in [-0.2, -0.15) is 0 Å². The molecule has 0 N–H and O–H groups in total. The molecule has 6 heteroatoms. The normalized spacial score (nSPS) is 19.9. The largest absolute Gasteiger partial charge is 0.311 e. The Labute approximate surface area is 184 Å². The Morgan fingerprint density at radius 1 is 1.06 bits per heavy atom. The molecular weight excluding hydrogens is 411 g/mol. The number of aryl methyl sites for hydroxylation is 1. The van der Waals surface area contributed by atoms with E-state index in [9.17, 15) is 14.0 Å². The average Bonchev–Trinajstić information content (AvgIpc) is 3.31. The topological polar surface area (TPSA) is 40.6 Å².